The first-order valence-electron chi connectivity index (χ1n) is 7.16. The fourth-order valence-electron chi connectivity index (χ4n) is 1.54. The van der Waals surface area contributed by atoms with Crippen LogP contribution in [0.2, 0.25) is 0 Å². The van der Waals surface area contributed by atoms with Gasteiger partial charge >= 0.3 is 30.3 Å². The summed E-state index contributed by atoms with van der Waals surface area (Å²) in [5.74, 6) is -6.41. The predicted octanol–water partition coefficient (Wildman–Crippen LogP) is 4.32. The third kappa shape index (κ3) is 9.79. The van der Waals surface area contributed by atoms with Crippen LogP contribution >= 0.6 is 0 Å². The summed E-state index contributed by atoms with van der Waals surface area (Å²) in [5, 5.41) is 23.3. The highest BCUT2D eigenvalue weighted by atomic mass is 19.4. The van der Waals surface area contributed by atoms with E-state index >= 15 is 0 Å². The van der Waals surface area contributed by atoms with Gasteiger partial charge in [-0.1, -0.05) is 48.5 Å². The van der Waals surface area contributed by atoms with E-state index in [-0.39, 0.29) is 0 Å². The van der Waals surface area contributed by atoms with Crippen LogP contribution < -0.4 is 0 Å². The zero-order chi connectivity index (χ0) is 22.8. The number of hydrogen-bond acceptors (Lipinski definition) is 3. The molecule has 0 fully saturated rings. The van der Waals surface area contributed by atoms with E-state index in [4.69, 9.17) is 24.9 Å². The first-order valence-corrected chi connectivity index (χ1v) is 7.16. The van der Waals surface area contributed by atoms with Crippen molar-refractivity contribution in [1.82, 2.24) is 0 Å². The number of carboxylic acid groups (broad SMARTS) is 3. The number of hydrogen-bond donors (Lipinski definition) is 3. The van der Waals surface area contributed by atoms with Crippen molar-refractivity contribution in [2.75, 3.05) is 0 Å². The minimum atomic E-state index is -5.08. The second-order valence-corrected chi connectivity index (χ2v) is 4.82. The topological polar surface area (TPSA) is 112 Å². The highest BCUT2D eigenvalue weighted by Crippen LogP contribution is 2.23. The Hall–Kier alpha value is -3.57. The van der Waals surface area contributed by atoms with Crippen LogP contribution in [0.15, 0.2) is 54.6 Å². The fraction of sp³-hybridized carbons (Fsp3) is 0.118. The molecule has 0 amide bonds. The lowest BCUT2D eigenvalue weighted by atomic mass is 10.00. The summed E-state index contributed by atoms with van der Waals surface area (Å²) in [5.41, 5.74) is 2.02. The fourth-order valence-corrected chi connectivity index (χ4v) is 1.54. The molecule has 2 aromatic rings. The molecule has 0 aliphatic carbocycles. The second kappa shape index (κ2) is 10.7. The van der Waals surface area contributed by atoms with Crippen molar-refractivity contribution in [2.24, 2.45) is 0 Å². The van der Waals surface area contributed by atoms with Crippen molar-refractivity contribution in [2.45, 2.75) is 12.4 Å². The van der Waals surface area contributed by atoms with E-state index in [1.807, 2.05) is 42.5 Å². The van der Waals surface area contributed by atoms with Crippen LogP contribution in [0.1, 0.15) is 10.4 Å². The summed E-state index contributed by atoms with van der Waals surface area (Å²) >= 11 is 0. The zero-order valence-corrected chi connectivity index (χ0v) is 14.0. The molecule has 0 spiro atoms. The summed E-state index contributed by atoms with van der Waals surface area (Å²) in [6, 6.07) is 16.5. The Morgan fingerprint density at radius 1 is 0.621 bits per heavy atom. The smallest absolute Gasteiger partial charge is 0.478 e. The molecule has 0 aliphatic rings. The monoisotopic (exact) mass is 426 g/mol. The van der Waals surface area contributed by atoms with Gasteiger partial charge in [-0.2, -0.15) is 26.3 Å². The highest BCUT2D eigenvalue weighted by molar-refractivity contribution is 5.95. The van der Waals surface area contributed by atoms with Gasteiger partial charge in [0.05, 0.1) is 5.56 Å². The van der Waals surface area contributed by atoms with Crippen molar-refractivity contribution in [3.8, 4) is 11.1 Å². The lowest BCUT2D eigenvalue weighted by Gasteiger charge is -2.05. The Kier molecular flexibility index (Phi) is 9.37. The molecule has 0 saturated carbocycles. The average Bonchev–Trinajstić information content (AvgIpc) is 2.62. The van der Waals surface area contributed by atoms with Gasteiger partial charge in [0.15, 0.2) is 0 Å². The maximum atomic E-state index is 11.0. The molecule has 0 saturated heterocycles. The molecular formula is C17H12F6O6. The number of rotatable bonds is 2. The normalized spacial score (nSPS) is 10.6. The van der Waals surface area contributed by atoms with Crippen molar-refractivity contribution in [3.63, 3.8) is 0 Å². The van der Waals surface area contributed by atoms with Gasteiger partial charge in [-0.3, -0.25) is 0 Å². The lowest BCUT2D eigenvalue weighted by molar-refractivity contribution is -0.193. The Bertz CT molecular complexity index is 806. The van der Waals surface area contributed by atoms with E-state index in [1.54, 1.807) is 12.1 Å². The number of alkyl halides is 6. The van der Waals surface area contributed by atoms with Crippen LogP contribution in [0.4, 0.5) is 26.3 Å². The Labute approximate surface area is 158 Å². The van der Waals surface area contributed by atoms with E-state index in [2.05, 4.69) is 0 Å². The summed E-state index contributed by atoms with van der Waals surface area (Å²) in [4.78, 5) is 28.8. The van der Waals surface area contributed by atoms with Crippen LogP contribution in [0.3, 0.4) is 0 Å². The molecular weight excluding hydrogens is 414 g/mol. The first-order chi connectivity index (χ1) is 13.2. The molecule has 29 heavy (non-hydrogen) atoms. The van der Waals surface area contributed by atoms with Gasteiger partial charge in [-0.25, -0.2) is 14.4 Å². The molecule has 0 aliphatic heterocycles. The molecule has 0 heterocycles. The summed E-state index contributed by atoms with van der Waals surface area (Å²) in [7, 11) is 0. The maximum Gasteiger partial charge on any atom is 0.490 e. The van der Waals surface area contributed by atoms with Gasteiger partial charge in [0.2, 0.25) is 0 Å². The minimum absolute atomic E-state index is 0.337. The van der Waals surface area contributed by atoms with Gasteiger partial charge in [0, 0.05) is 0 Å². The third-order valence-corrected chi connectivity index (χ3v) is 2.73. The number of benzene rings is 2. The van der Waals surface area contributed by atoms with Crippen LogP contribution in [-0.4, -0.2) is 45.6 Å². The molecule has 158 valence electrons. The Balaban J connectivity index is 0.000000473. The Morgan fingerprint density at radius 2 is 0.966 bits per heavy atom. The lowest BCUT2D eigenvalue weighted by Crippen LogP contribution is -2.21. The second-order valence-electron chi connectivity index (χ2n) is 4.82. The van der Waals surface area contributed by atoms with Crippen molar-refractivity contribution >= 4 is 17.9 Å². The molecule has 0 radical (unpaired) electrons. The molecule has 3 N–H and O–H groups in total. The molecule has 2 rings (SSSR count). The van der Waals surface area contributed by atoms with Crippen LogP contribution in [0.5, 0.6) is 0 Å². The largest absolute Gasteiger partial charge is 0.490 e. The van der Waals surface area contributed by atoms with Crippen molar-refractivity contribution in [1.29, 1.82) is 0 Å². The Morgan fingerprint density at radius 3 is 1.31 bits per heavy atom. The van der Waals surface area contributed by atoms with E-state index in [9.17, 15) is 31.1 Å². The van der Waals surface area contributed by atoms with Crippen LogP contribution in [0.25, 0.3) is 11.1 Å². The van der Waals surface area contributed by atoms with E-state index < -0.39 is 30.3 Å². The molecule has 0 bridgehead atoms. The van der Waals surface area contributed by atoms with E-state index in [0.29, 0.717) is 5.56 Å². The average molecular weight is 426 g/mol. The third-order valence-electron chi connectivity index (χ3n) is 2.73. The van der Waals surface area contributed by atoms with Gasteiger partial charge in [-0.15, -0.1) is 0 Å². The standard InChI is InChI=1S/C13H10O2.2C2HF3O2/c14-13(15)12-9-5-4-8-11(12)10-6-2-1-3-7-10;2*3-2(4,5)1(6)7/h1-9H,(H,14,15);2*(H,6,7). The summed E-state index contributed by atoms with van der Waals surface area (Å²) in [6.45, 7) is 0. The molecule has 0 atom stereocenters. The van der Waals surface area contributed by atoms with E-state index in [1.165, 1.54) is 0 Å². The zero-order valence-electron chi connectivity index (χ0n) is 14.0. The highest BCUT2D eigenvalue weighted by Gasteiger charge is 2.38. The summed E-state index contributed by atoms with van der Waals surface area (Å²) < 4.78 is 63.5. The van der Waals surface area contributed by atoms with Crippen molar-refractivity contribution < 1.29 is 56.0 Å². The molecule has 6 nitrogen and oxygen atoms in total. The number of halogens is 6. The van der Waals surface area contributed by atoms with Gasteiger partial charge in [0.1, 0.15) is 0 Å². The maximum absolute atomic E-state index is 11.0. The quantitative estimate of drug-likeness (QED) is 0.617. The first kappa shape index (κ1) is 25.4. The summed E-state index contributed by atoms with van der Waals surface area (Å²) in [6.07, 6.45) is -10.2. The number of aromatic carboxylic acids is 1. The molecule has 2 aromatic carbocycles. The molecule has 0 aromatic heterocycles. The minimum Gasteiger partial charge on any atom is -0.478 e. The van der Waals surface area contributed by atoms with Crippen molar-refractivity contribution in [3.05, 3.63) is 60.2 Å². The van der Waals surface area contributed by atoms with Gasteiger partial charge in [0.25, 0.3) is 0 Å². The van der Waals surface area contributed by atoms with Crippen LogP contribution in [0, 0.1) is 0 Å². The molecule has 0 unspecified atom stereocenters. The predicted molar refractivity (Wildman–Crippen MR) is 86.2 cm³/mol. The van der Waals surface area contributed by atoms with E-state index in [0.717, 1.165) is 11.1 Å². The van der Waals surface area contributed by atoms with Gasteiger partial charge < -0.3 is 15.3 Å². The number of carbonyl (C=O) groups is 3. The molecule has 12 heteroatoms. The van der Waals surface area contributed by atoms with Crippen LogP contribution in [-0.2, 0) is 9.59 Å². The number of carboxylic acids is 3. The number of aliphatic carboxylic acids is 2. The van der Waals surface area contributed by atoms with Gasteiger partial charge in [-0.05, 0) is 17.2 Å². The SMILES string of the molecule is O=C(O)C(F)(F)F.O=C(O)C(F)(F)F.O=C(O)c1ccccc1-c1ccccc1.